The van der Waals surface area contributed by atoms with Gasteiger partial charge in [0, 0.05) is 19.3 Å². The van der Waals surface area contributed by atoms with Gasteiger partial charge in [0.15, 0.2) is 0 Å². The van der Waals surface area contributed by atoms with Crippen LogP contribution >= 0.6 is 11.9 Å². The highest BCUT2D eigenvalue weighted by Gasteiger charge is 2.07. The van der Waals surface area contributed by atoms with Gasteiger partial charge in [-0.25, -0.2) is 0 Å². The van der Waals surface area contributed by atoms with Crippen molar-refractivity contribution in [1.82, 2.24) is 4.72 Å². The Labute approximate surface area is 120 Å². The molecule has 2 nitrogen and oxygen atoms in total. The van der Waals surface area contributed by atoms with Gasteiger partial charge < -0.3 is 4.74 Å². The molecule has 0 spiro atoms. The lowest BCUT2D eigenvalue weighted by molar-refractivity contribution is 0.130. The van der Waals surface area contributed by atoms with E-state index in [-0.39, 0.29) is 0 Å². The summed E-state index contributed by atoms with van der Waals surface area (Å²) in [4.78, 5) is 0. The zero-order chi connectivity index (χ0) is 14.8. The Balaban J connectivity index is -0.000000506. The molecule has 0 aliphatic carbocycles. The van der Waals surface area contributed by atoms with Crippen LogP contribution in [0.2, 0.25) is 0 Å². The van der Waals surface area contributed by atoms with E-state index < -0.39 is 0 Å². The van der Waals surface area contributed by atoms with E-state index in [1.165, 1.54) is 5.57 Å². The smallest absolute Gasteiger partial charge is 0.0466 e. The molecule has 112 valence electrons. The molecule has 0 bridgehead atoms. The highest BCUT2D eigenvalue weighted by Crippen LogP contribution is 2.09. The molecule has 0 rings (SSSR count). The summed E-state index contributed by atoms with van der Waals surface area (Å²) in [6.45, 7) is 17.9. The lowest BCUT2D eigenvalue weighted by Crippen LogP contribution is -2.24. The zero-order valence-electron chi connectivity index (χ0n) is 13.6. The molecular weight excluding hydrogens is 242 g/mol. The SMILES string of the molecule is C=C(C)C(CCCOCCC)NSC.CC.CC. The van der Waals surface area contributed by atoms with E-state index in [2.05, 4.69) is 25.1 Å². The van der Waals surface area contributed by atoms with Crippen molar-refractivity contribution in [3.63, 3.8) is 0 Å². The Morgan fingerprint density at radius 1 is 1.22 bits per heavy atom. The van der Waals surface area contributed by atoms with E-state index in [1.807, 2.05) is 34.0 Å². The summed E-state index contributed by atoms with van der Waals surface area (Å²) in [5.41, 5.74) is 1.20. The van der Waals surface area contributed by atoms with Gasteiger partial charge in [0.05, 0.1) is 0 Å². The molecule has 0 aromatic carbocycles. The number of ether oxygens (including phenoxy) is 1. The first-order chi connectivity index (χ1) is 8.72. The van der Waals surface area contributed by atoms with Crippen LogP contribution in [0.15, 0.2) is 12.2 Å². The molecule has 0 aliphatic rings. The number of hydrogen-bond donors (Lipinski definition) is 1. The Kier molecular flexibility index (Phi) is 28.5. The van der Waals surface area contributed by atoms with Gasteiger partial charge in [-0.2, -0.15) is 0 Å². The summed E-state index contributed by atoms with van der Waals surface area (Å²) >= 11 is 1.65. The average molecular weight is 278 g/mol. The first-order valence-electron chi connectivity index (χ1n) is 7.24. The van der Waals surface area contributed by atoms with Crippen molar-refractivity contribution >= 4 is 11.9 Å². The summed E-state index contributed by atoms with van der Waals surface area (Å²) in [5, 5.41) is 0. The van der Waals surface area contributed by atoms with Gasteiger partial charge in [-0.05, 0) is 32.4 Å². The van der Waals surface area contributed by atoms with Gasteiger partial charge in [-0.15, -0.1) is 0 Å². The van der Waals surface area contributed by atoms with E-state index in [1.54, 1.807) is 11.9 Å². The highest BCUT2D eigenvalue weighted by atomic mass is 32.2. The second-order valence-electron chi connectivity index (χ2n) is 3.48. The fraction of sp³-hybridized carbons (Fsp3) is 0.867. The van der Waals surface area contributed by atoms with Crippen molar-refractivity contribution in [2.45, 2.75) is 66.8 Å². The first-order valence-corrected chi connectivity index (χ1v) is 8.46. The van der Waals surface area contributed by atoms with E-state index in [0.29, 0.717) is 6.04 Å². The van der Waals surface area contributed by atoms with Crippen LogP contribution in [0.1, 0.15) is 60.8 Å². The molecule has 3 heteroatoms. The minimum Gasteiger partial charge on any atom is -0.381 e. The lowest BCUT2D eigenvalue weighted by Gasteiger charge is -2.16. The zero-order valence-corrected chi connectivity index (χ0v) is 14.5. The van der Waals surface area contributed by atoms with Crippen LogP contribution in [0.4, 0.5) is 0 Å². The summed E-state index contributed by atoms with van der Waals surface area (Å²) in [7, 11) is 0. The van der Waals surface area contributed by atoms with Crippen LogP contribution in [-0.2, 0) is 4.74 Å². The molecule has 0 amide bonds. The maximum Gasteiger partial charge on any atom is 0.0466 e. The number of nitrogens with one attached hydrogen (secondary N) is 1. The standard InChI is InChI=1S/C11H23NOS.2C2H6/c1-5-8-13-9-6-7-11(10(2)3)12-14-4;2*1-2/h11-12H,2,5-9H2,1,3-4H3;2*1-2H3. The van der Waals surface area contributed by atoms with Gasteiger partial charge in [-0.1, -0.05) is 58.7 Å². The number of hydrogen-bond acceptors (Lipinski definition) is 3. The molecule has 0 aromatic rings. The molecular formula is C15H35NOS. The maximum absolute atomic E-state index is 5.43. The van der Waals surface area contributed by atoms with E-state index in [9.17, 15) is 0 Å². The van der Waals surface area contributed by atoms with Crippen molar-refractivity contribution in [2.24, 2.45) is 0 Å². The van der Waals surface area contributed by atoms with Gasteiger partial charge in [0.1, 0.15) is 0 Å². The number of rotatable bonds is 9. The van der Waals surface area contributed by atoms with Crippen molar-refractivity contribution in [2.75, 3.05) is 19.5 Å². The molecule has 0 radical (unpaired) electrons. The molecule has 0 aliphatic heterocycles. The van der Waals surface area contributed by atoms with E-state index in [4.69, 9.17) is 4.74 Å². The fourth-order valence-corrected chi connectivity index (χ4v) is 1.79. The van der Waals surface area contributed by atoms with Gasteiger partial charge in [-0.3, -0.25) is 4.72 Å². The molecule has 1 N–H and O–H groups in total. The van der Waals surface area contributed by atoms with Crippen molar-refractivity contribution in [1.29, 1.82) is 0 Å². The van der Waals surface area contributed by atoms with Gasteiger partial charge >= 0.3 is 0 Å². The normalized spacial score (nSPS) is 10.6. The first kappa shape index (κ1) is 23.1. The largest absolute Gasteiger partial charge is 0.381 e. The molecule has 1 unspecified atom stereocenters. The second-order valence-corrected chi connectivity index (χ2v) is 4.12. The molecule has 0 fully saturated rings. The van der Waals surface area contributed by atoms with Crippen molar-refractivity contribution in [3.8, 4) is 0 Å². The molecule has 1 atom stereocenters. The predicted octanol–water partition coefficient (Wildman–Crippen LogP) is 5.06. The van der Waals surface area contributed by atoms with Crippen LogP contribution in [-0.4, -0.2) is 25.5 Å². The lowest BCUT2D eigenvalue weighted by atomic mass is 10.1. The van der Waals surface area contributed by atoms with Gasteiger partial charge in [0.2, 0.25) is 0 Å². The average Bonchev–Trinajstić information content (AvgIpc) is 2.41. The minimum absolute atomic E-state index is 0.426. The monoisotopic (exact) mass is 277 g/mol. The van der Waals surface area contributed by atoms with E-state index >= 15 is 0 Å². The third-order valence-corrected chi connectivity index (χ3v) is 2.51. The Morgan fingerprint density at radius 3 is 2.17 bits per heavy atom. The quantitative estimate of drug-likeness (QED) is 0.362. The van der Waals surface area contributed by atoms with Crippen molar-refractivity contribution < 1.29 is 4.74 Å². The predicted molar refractivity (Wildman–Crippen MR) is 88.3 cm³/mol. The summed E-state index contributed by atoms with van der Waals surface area (Å²) in [6.07, 6.45) is 5.36. The van der Waals surface area contributed by atoms with Gasteiger partial charge in [0.25, 0.3) is 0 Å². The minimum atomic E-state index is 0.426. The van der Waals surface area contributed by atoms with Crippen LogP contribution < -0.4 is 4.72 Å². The molecule has 0 saturated heterocycles. The van der Waals surface area contributed by atoms with Crippen molar-refractivity contribution in [3.05, 3.63) is 12.2 Å². The summed E-state index contributed by atoms with van der Waals surface area (Å²) in [5.74, 6) is 0. The third kappa shape index (κ3) is 18.4. The second kappa shape index (κ2) is 22.2. The molecule has 0 heterocycles. The summed E-state index contributed by atoms with van der Waals surface area (Å²) < 4.78 is 8.76. The fourth-order valence-electron chi connectivity index (χ4n) is 1.18. The topological polar surface area (TPSA) is 21.3 Å². The molecule has 0 aromatic heterocycles. The Hall–Kier alpha value is 0.0100. The maximum atomic E-state index is 5.43. The highest BCUT2D eigenvalue weighted by molar-refractivity contribution is 7.96. The third-order valence-electron chi connectivity index (χ3n) is 1.98. The molecule has 18 heavy (non-hydrogen) atoms. The van der Waals surface area contributed by atoms with Crippen LogP contribution in [0.3, 0.4) is 0 Å². The Morgan fingerprint density at radius 2 is 1.78 bits per heavy atom. The van der Waals surface area contributed by atoms with E-state index in [0.717, 1.165) is 32.5 Å². The Bertz CT molecular complexity index is 151. The van der Waals surface area contributed by atoms with Crippen LogP contribution in [0.25, 0.3) is 0 Å². The summed E-state index contributed by atoms with van der Waals surface area (Å²) in [6, 6.07) is 0.426. The molecule has 0 saturated carbocycles. The van der Waals surface area contributed by atoms with Crippen LogP contribution in [0.5, 0.6) is 0 Å². The van der Waals surface area contributed by atoms with Crippen LogP contribution in [0, 0.1) is 0 Å².